The number of ketones is 1. The predicted octanol–water partition coefficient (Wildman–Crippen LogP) is 2.40. The van der Waals surface area contributed by atoms with Crippen LogP contribution >= 0.6 is 0 Å². The molecule has 1 aliphatic carbocycles. The second kappa shape index (κ2) is 4.48. The summed E-state index contributed by atoms with van der Waals surface area (Å²) < 4.78 is 37.1. The van der Waals surface area contributed by atoms with E-state index in [-0.39, 0.29) is 30.3 Å². The van der Waals surface area contributed by atoms with Crippen LogP contribution in [-0.4, -0.2) is 5.78 Å². The van der Waals surface area contributed by atoms with Crippen molar-refractivity contribution in [2.45, 2.75) is 24.9 Å². The summed E-state index contributed by atoms with van der Waals surface area (Å²) in [6.45, 7) is 0. The molecule has 96 valence electrons. The Morgan fingerprint density at radius 3 is 2.22 bits per heavy atom. The number of benzene rings is 1. The fourth-order valence-corrected chi connectivity index (χ4v) is 2.04. The Balaban J connectivity index is 2.21. The van der Waals surface area contributed by atoms with Crippen LogP contribution in [0.4, 0.5) is 13.2 Å². The van der Waals surface area contributed by atoms with Gasteiger partial charge in [0.2, 0.25) is 0 Å². The molecule has 1 atom stereocenters. The van der Waals surface area contributed by atoms with Gasteiger partial charge in [-0.3, -0.25) is 4.79 Å². The largest absolute Gasteiger partial charge is 0.875 e. The minimum Gasteiger partial charge on any atom is -0.875 e. The fourth-order valence-electron chi connectivity index (χ4n) is 2.04. The summed E-state index contributed by atoms with van der Waals surface area (Å²) in [5, 5.41) is 11.2. The second-order valence-corrected chi connectivity index (χ2v) is 4.30. The van der Waals surface area contributed by atoms with Crippen molar-refractivity contribution in [3.63, 3.8) is 0 Å². The van der Waals surface area contributed by atoms with E-state index in [2.05, 4.69) is 0 Å². The van der Waals surface area contributed by atoms with E-state index in [1.54, 1.807) is 0 Å². The molecule has 18 heavy (non-hydrogen) atoms. The first-order chi connectivity index (χ1) is 8.36. The van der Waals surface area contributed by atoms with E-state index in [1.807, 2.05) is 0 Å². The maximum absolute atomic E-state index is 12.4. The van der Waals surface area contributed by atoms with Gasteiger partial charge in [0.1, 0.15) is 0 Å². The molecule has 0 fully saturated rings. The third-order valence-corrected chi connectivity index (χ3v) is 2.93. The number of alkyl halides is 3. The lowest BCUT2D eigenvalue weighted by Crippen LogP contribution is -2.19. The highest BCUT2D eigenvalue weighted by Gasteiger charge is 2.30. The molecule has 0 aliphatic heterocycles. The third-order valence-electron chi connectivity index (χ3n) is 2.93. The van der Waals surface area contributed by atoms with Gasteiger partial charge in [0.05, 0.1) is 5.56 Å². The molecule has 0 amide bonds. The van der Waals surface area contributed by atoms with Gasteiger partial charge in [0.15, 0.2) is 5.78 Å². The molecule has 1 aromatic rings. The lowest BCUT2D eigenvalue weighted by atomic mass is 9.86. The summed E-state index contributed by atoms with van der Waals surface area (Å²) in [4.78, 5) is 11.2. The maximum atomic E-state index is 12.4. The molecule has 0 saturated carbocycles. The van der Waals surface area contributed by atoms with E-state index in [1.165, 1.54) is 12.1 Å². The Morgan fingerprint density at radius 2 is 1.72 bits per heavy atom. The molecule has 0 heterocycles. The molecule has 2 rings (SSSR count). The van der Waals surface area contributed by atoms with E-state index in [0.29, 0.717) is 5.56 Å². The minimum absolute atomic E-state index is 0.178. The number of rotatable bonds is 1. The summed E-state index contributed by atoms with van der Waals surface area (Å²) in [5.41, 5.74) is -0.135. The Labute approximate surface area is 102 Å². The molecule has 0 bridgehead atoms. The zero-order chi connectivity index (χ0) is 13.3. The van der Waals surface area contributed by atoms with E-state index in [4.69, 9.17) is 0 Å². The van der Waals surface area contributed by atoms with E-state index in [0.717, 1.165) is 18.2 Å². The smallest absolute Gasteiger partial charge is 0.416 e. The Morgan fingerprint density at radius 1 is 1.11 bits per heavy atom. The van der Waals surface area contributed by atoms with Gasteiger partial charge in [-0.1, -0.05) is 12.1 Å². The number of carbonyl (C=O) groups is 1. The van der Waals surface area contributed by atoms with Gasteiger partial charge in [0, 0.05) is 6.42 Å². The molecule has 2 nitrogen and oxygen atoms in total. The molecule has 0 aromatic heterocycles. The zero-order valence-electron chi connectivity index (χ0n) is 9.33. The van der Waals surface area contributed by atoms with Gasteiger partial charge < -0.3 is 5.11 Å². The molecule has 0 spiro atoms. The Kier molecular flexibility index (Phi) is 3.15. The van der Waals surface area contributed by atoms with E-state index >= 15 is 0 Å². The number of carbonyl (C=O) groups excluding carboxylic acids is 1. The fraction of sp³-hybridized carbons (Fsp3) is 0.308. The van der Waals surface area contributed by atoms with E-state index in [9.17, 15) is 23.1 Å². The van der Waals surface area contributed by atoms with Crippen molar-refractivity contribution in [1.29, 1.82) is 0 Å². The van der Waals surface area contributed by atoms with Crippen LogP contribution in [0, 0.1) is 0 Å². The maximum Gasteiger partial charge on any atom is 0.416 e. The van der Waals surface area contributed by atoms with Crippen molar-refractivity contribution in [2.75, 3.05) is 0 Å². The summed E-state index contributed by atoms with van der Waals surface area (Å²) in [6.07, 6.45) is -2.96. The molecule has 1 aliphatic rings. The number of allylic oxidation sites excluding steroid dienone is 2. The van der Waals surface area contributed by atoms with E-state index < -0.39 is 11.7 Å². The highest BCUT2D eigenvalue weighted by Crippen LogP contribution is 2.33. The number of halogens is 3. The van der Waals surface area contributed by atoms with Crippen LogP contribution in [0.15, 0.2) is 36.1 Å². The highest BCUT2D eigenvalue weighted by molar-refractivity contribution is 5.91. The SMILES string of the molecule is O=C1C=C([O-])CC(c2ccc(C(F)(F)F)cc2)C1. The average Bonchev–Trinajstić information content (AvgIpc) is 2.27. The van der Waals surface area contributed by atoms with Gasteiger partial charge in [-0.05, 0) is 36.1 Å². The Bertz CT molecular complexity index is 486. The van der Waals surface area contributed by atoms with Gasteiger partial charge in [-0.2, -0.15) is 13.2 Å². The van der Waals surface area contributed by atoms with Gasteiger partial charge >= 0.3 is 6.18 Å². The first-order valence-electron chi connectivity index (χ1n) is 5.44. The number of hydrogen-bond acceptors (Lipinski definition) is 2. The van der Waals surface area contributed by atoms with Gasteiger partial charge in [-0.25, -0.2) is 0 Å². The molecule has 1 aromatic carbocycles. The van der Waals surface area contributed by atoms with Gasteiger partial charge in [0.25, 0.3) is 0 Å². The molecule has 5 heteroatoms. The van der Waals surface area contributed by atoms with Crippen LogP contribution in [-0.2, 0) is 11.0 Å². The van der Waals surface area contributed by atoms with Crippen molar-refractivity contribution in [3.8, 4) is 0 Å². The number of hydrogen-bond donors (Lipinski definition) is 0. The summed E-state index contributed by atoms with van der Waals surface area (Å²) in [7, 11) is 0. The Hall–Kier alpha value is -1.78. The van der Waals surface area contributed by atoms with Crippen molar-refractivity contribution < 1.29 is 23.1 Å². The molecular weight excluding hydrogens is 245 g/mol. The second-order valence-electron chi connectivity index (χ2n) is 4.30. The molecular formula is C13H10F3O2-. The average molecular weight is 255 g/mol. The monoisotopic (exact) mass is 255 g/mol. The molecule has 0 N–H and O–H groups in total. The lowest BCUT2D eigenvalue weighted by molar-refractivity contribution is -0.308. The minimum atomic E-state index is -4.37. The van der Waals surface area contributed by atoms with Crippen LogP contribution < -0.4 is 5.11 Å². The molecule has 1 unspecified atom stereocenters. The van der Waals surface area contributed by atoms with Crippen molar-refractivity contribution >= 4 is 5.78 Å². The van der Waals surface area contributed by atoms with Crippen LogP contribution in [0.1, 0.15) is 29.9 Å². The van der Waals surface area contributed by atoms with Crippen LogP contribution in [0.2, 0.25) is 0 Å². The van der Waals surface area contributed by atoms with Crippen LogP contribution in [0.5, 0.6) is 0 Å². The summed E-state index contributed by atoms with van der Waals surface area (Å²) >= 11 is 0. The zero-order valence-corrected chi connectivity index (χ0v) is 9.33. The van der Waals surface area contributed by atoms with Crippen LogP contribution in [0.3, 0.4) is 0 Å². The van der Waals surface area contributed by atoms with Gasteiger partial charge in [-0.15, -0.1) is 5.76 Å². The van der Waals surface area contributed by atoms with Crippen molar-refractivity contribution in [2.24, 2.45) is 0 Å². The quantitative estimate of drug-likeness (QED) is 0.773. The predicted molar refractivity (Wildman–Crippen MR) is 56.5 cm³/mol. The standard InChI is InChI=1S/C13H11F3O2/c14-13(15,16)10-3-1-8(2-4-10)9-5-11(17)7-12(18)6-9/h1-4,7,9,17H,5-6H2/p-1. The topological polar surface area (TPSA) is 40.1 Å². The third kappa shape index (κ3) is 2.72. The van der Waals surface area contributed by atoms with Crippen molar-refractivity contribution in [3.05, 3.63) is 47.2 Å². The summed E-state index contributed by atoms with van der Waals surface area (Å²) in [6, 6.07) is 4.62. The molecule has 0 radical (unpaired) electrons. The highest BCUT2D eigenvalue weighted by atomic mass is 19.4. The van der Waals surface area contributed by atoms with Crippen molar-refractivity contribution in [1.82, 2.24) is 0 Å². The first-order valence-corrected chi connectivity index (χ1v) is 5.44. The lowest BCUT2D eigenvalue weighted by Gasteiger charge is -2.25. The summed E-state index contributed by atoms with van der Waals surface area (Å²) in [5.74, 6) is -0.843. The van der Waals surface area contributed by atoms with Crippen LogP contribution in [0.25, 0.3) is 0 Å². The normalized spacial score (nSPS) is 20.7. The molecule has 0 saturated heterocycles. The first kappa shape index (κ1) is 12.7.